The van der Waals surface area contributed by atoms with Gasteiger partial charge in [0, 0.05) is 18.5 Å². The smallest absolute Gasteiger partial charge is 0.383 e. The van der Waals surface area contributed by atoms with E-state index >= 15 is 0 Å². The average molecular weight is 409 g/mol. The van der Waals surface area contributed by atoms with E-state index in [4.69, 9.17) is 5.73 Å². The number of carbonyl (C=O) groups is 1. The van der Waals surface area contributed by atoms with E-state index in [1.54, 1.807) is 6.92 Å². The number of carbonyl (C=O) groups excluding carboxylic acids is 1. The second-order valence-electron chi connectivity index (χ2n) is 6.72. The number of pyridine rings is 1. The van der Waals surface area contributed by atoms with Gasteiger partial charge in [-0.25, -0.2) is 24.0 Å². The highest BCUT2D eigenvalue weighted by Crippen LogP contribution is 2.36. The Hall–Kier alpha value is -3.31. The number of hydrogen-bond acceptors (Lipinski definition) is 6. The lowest BCUT2D eigenvalue weighted by molar-refractivity contribution is -0.136. The summed E-state index contributed by atoms with van der Waals surface area (Å²) < 4.78 is 52.4. The van der Waals surface area contributed by atoms with Crippen molar-refractivity contribution in [3.63, 3.8) is 0 Å². The lowest BCUT2D eigenvalue weighted by Gasteiger charge is -2.07. The van der Waals surface area contributed by atoms with E-state index in [0.717, 1.165) is 12.3 Å². The number of amides is 1. The summed E-state index contributed by atoms with van der Waals surface area (Å²) in [6.45, 7) is 1.58. The van der Waals surface area contributed by atoms with Crippen LogP contribution in [-0.4, -0.2) is 36.8 Å². The second-order valence-corrected chi connectivity index (χ2v) is 6.72. The number of nitrogens with zero attached hydrogens (tertiary/aromatic N) is 5. The topological polar surface area (TPSA) is 112 Å². The van der Waals surface area contributed by atoms with Crippen molar-refractivity contribution in [2.24, 2.45) is 0 Å². The third-order valence-electron chi connectivity index (χ3n) is 4.64. The minimum atomic E-state index is -4.29. The standard InChI is InChI=1S/C17H15F4N7O/c1-7-10-12(22)24-14(25-13(10)26-16(7)29)11-9-5-8(18)6-23-15(9)28(27-11)4-2-3-17(19,20)21/h5-7H,2-4H2,1H3,(H3,22,24,25,26,29)/t7-/m1/s1. The molecule has 0 saturated heterocycles. The molecule has 3 aromatic rings. The molecule has 12 heteroatoms. The third kappa shape index (κ3) is 3.45. The van der Waals surface area contributed by atoms with Crippen LogP contribution in [0.4, 0.5) is 29.2 Å². The fraction of sp³-hybridized carbons (Fsp3) is 0.353. The van der Waals surface area contributed by atoms with E-state index in [0.29, 0.717) is 5.56 Å². The van der Waals surface area contributed by atoms with Gasteiger partial charge in [0.25, 0.3) is 0 Å². The maximum absolute atomic E-state index is 13.8. The number of nitrogens with one attached hydrogen (secondary N) is 1. The van der Waals surface area contributed by atoms with Crippen molar-refractivity contribution < 1.29 is 22.4 Å². The molecule has 0 bridgehead atoms. The lowest BCUT2D eigenvalue weighted by Crippen LogP contribution is -2.10. The Morgan fingerprint density at radius 1 is 1.31 bits per heavy atom. The summed E-state index contributed by atoms with van der Waals surface area (Å²) in [6, 6.07) is 1.15. The van der Waals surface area contributed by atoms with E-state index in [1.807, 2.05) is 0 Å². The Morgan fingerprint density at radius 2 is 2.07 bits per heavy atom. The van der Waals surface area contributed by atoms with Gasteiger partial charge in [-0.3, -0.25) is 4.79 Å². The summed E-state index contributed by atoms with van der Waals surface area (Å²) in [7, 11) is 0. The number of nitrogen functional groups attached to an aromatic ring is 1. The number of halogens is 4. The largest absolute Gasteiger partial charge is 0.389 e. The fourth-order valence-electron chi connectivity index (χ4n) is 3.26. The molecule has 0 radical (unpaired) electrons. The van der Waals surface area contributed by atoms with Crippen LogP contribution in [-0.2, 0) is 11.3 Å². The molecular formula is C17H15F4N7O. The summed E-state index contributed by atoms with van der Waals surface area (Å²) in [5.74, 6) is -1.13. The van der Waals surface area contributed by atoms with E-state index in [1.165, 1.54) is 4.68 Å². The SMILES string of the molecule is C[C@H]1C(=O)Nc2nc(-c3nn(CCCC(F)(F)F)c4ncc(F)cc34)nc(N)c21. The van der Waals surface area contributed by atoms with Crippen LogP contribution >= 0.6 is 0 Å². The second kappa shape index (κ2) is 6.64. The predicted octanol–water partition coefficient (Wildman–Crippen LogP) is 3.01. The number of nitrogens with two attached hydrogens (primary N) is 1. The molecular weight excluding hydrogens is 394 g/mol. The van der Waals surface area contributed by atoms with Crippen LogP contribution in [0.5, 0.6) is 0 Å². The number of hydrogen-bond donors (Lipinski definition) is 2. The number of anilines is 2. The Kier molecular flexibility index (Phi) is 4.35. The zero-order chi connectivity index (χ0) is 20.9. The predicted molar refractivity (Wildman–Crippen MR) is 95.3 cm³/mol. The van der Waals surface area contributed by atoms with Gasteiger partial charge in [0.2, 0.25) is 5.91 Å². The van der Waals surface area contributed by atoms with Gasteiger partial charge in [-0.15, -0.1) is 0 Å². The molecule has 29 heavy (non-hydrogen) atoms. The molecule has 0 saturated carbocycles. The van der Waals surface area contributed by atoms with Crippen LogP contribution in [0.3, 0.4) is 0 Å². The summed E-state index contributed by atoms with van der Waals surface area (Å²) in [6.07, 6.45) is -4.55. The van der Waals surface area contributed by atoms with E-state index in [9.17, 15) is 22.4 Å². The minimum absolute atomic E-state index is 0.0163. The minimum Gasteiger partial charge on any atom is -0.383 e. The van der Waals surface area contributed by atoms with Crippen molar-refractivity contribution in [3.8, 4) is 11.5 Å². The third-order valence-corrected chi connectivity index (χ3v) is 4.64. The molecule has 3 N–H and O–H groups in total. The fourth-order valence-corrected chi connectivity index (χ4v) is 3.26. The van der Waals surface area contributed by atoms with Crippen molar-refractivity contribution in [2.75, 3.05) is 11.1 Å². The molecule has 1 atom stereocenters. The zero-order valence-electron chi connectivity index (χ0n) is 15.1. The van der Waals surface area contributed by atoms with Gasteiger partial charge in [-0.05, 0) is 19.4 Å². The average Bonchev–Trinajstić information content (AvgIpc) is 3.11. The number of aromatic nitrogens is 5. The first-order chi connectivity index (χ1) is 13.6. The van der Waals surface area contributed by atoms with Crippen molar-refractivity contribution in [3.05, 3.63) is 23.6 Å². The van der Waals surface area contributed by atoms with Crippen LogP contribution < -0.4 is 11.1 Å². The van der Waals surface area contributed by atoms with Crippen LogP contribution in [0.1, 0.15) is 31.2 Å². The number of aryl methyl sites for hydroxylation is 1. The molecule has 1 amide bonds. The van der Waals surface area contributed by atoms with E-state index in [2.05, 4.69) is 25.4 Å². The molecule has 1 aliphatic rings. The molecule has 8 nitrogen and oxygen atoms in total. The molecule has 4 rings (SSSR count). The molecule has 0 fully saturated rings. The van der Waals surface area contributed by atoms with Crippen molar-refractivity contribution >= 4 is 28.6 Å². The lowest BCUT2D eigenvalue weighted by atomic mass is 10.1. The zero-order valence-corrected chi connectivity index (χ0v) is 15.1. The van der Waals surface area contributed by atoms with Crippen LogP contribution in [0.2, 0.25) is 0 Å². The highest BCUT2D eigenvalue weighted by molar-refractivity contribution is 6.03. The normalized spacial score (nSPS) is 16.3. The first kappa shape index (κ1) is 19.0. The van der Waals surface area contributed by atoms with Crippen LogP contribution in [0.25, 0.3) is 22.6 Å². The molecule has 1 aliphatic heterocycles. The van der Waals surface area contributed by atoms with Crippen molar-refractivity contribution in [2.45, 2.75) is 38.4 Å². The molecule has 0 aliphatic carbocycles. The van der Waals surface area contributed by atoms with Crippen molar-refractivity contribution in [1.82, 2.24) is 24.7 Å². The van der Waals surface area contributed by atoms with Gasteiger partial charge < -0.3 is 11.1 Å². The molecule has 3 aromatic heterocycles. The monoisotopic (exact) mass is 409 g/mol. The molecule has 4 heterocycles. The molecule has 0 spiro atoms. The maximum Gasteiger partial charge on any atom is 0.389 e. The van der Waals surface area contributed by atoms with E-state index in [-0.39, 0.29) is 53.1 Å². The molecule has 152 valence electrons. The number of fused-ring (bicyclic) bond motifs is 2. The van der Waals surface area contributed by atoms with Gasteiger partial charge in [-0.2, -0.15) is 18.3 Å². The van der Waals surface area contributed by atoms with Gasteiger partial charge in [0.15, 0.2) is 11.5 Å². The van der Waals surface area contributed by atoms with Gasteiger partial charge >= 0.3 is 6.18 Å². The van der Waals surface area contributed by atoms with Gasteiger partial charge in [0.05, 0.1) is 17.5 Å². The summed E-state index contributed by atoms with van der Waals surface area (Å²) in [5.41, 5.74) is 6.75. The first-order valence-electron chi connectivity index (χ1n) is 8.71. The molecule has 0 unspecified atom stereocenters. The summed E-state index contributed by atoms with van der Waals surface area (Å²) in [4.78, 5) is 24.3. The quantitative estimate of drug-likeness (QED) is 0.641. The Morgan fingerprint density at radius 3 is 2.79 bits per heavy atom. The van der Waals surface area contributed by atoms with E-state index < -0.39 is 24.3 Å². The first-order valence-corrected chi connectivity index (χ1v) is 8.71. The Balaban J connectivity index is 1.78. The highest BCUT2D eigenvalue weighted by atomic mass is 19.4. The summed E-state index contributed by atoms with van der Waals surface area (Å²) >= 11 is 0. The number of alkyl halides is 3. The molecule has 0 aromatic carbocycles. The Labute approximate surface area is 161 Å². The number of rotatable bonds is 4. The van der Waals surface area contributed by atoms with Gasteiger partial charge in [0.1, 0.15) is 23.1 Å². The highest BCUT2D eigenvalue weighted by Gasteiger charge is 2.32. The van der Waals surface area contributed by atoms with Gasteiger partial charge in [-0.1, -0.05) is 0 Å². The Bertz CT molecular complexity index is 1130. The summed E-state index contributed by atoms with van der Waals surface area (Å²) in [5, 5.41) is 7.08. The van der Waals surface area contributed by atoms with Crippen LogP contribution in [0.15, 0.2) is 12.3 Å². The maximum atomic E-state index is 13.8. The van der Waals surface area contributed by atoms with Crippen LogP contribution in [0, 0.1) is 5.82 Å². The van der Waals surface area contributed by atoms with Crippen molar-refractivity contribution in [1.29, 1.82) is 0 Å².